The van der Waals surface area contributed by atoms with E-state index < -0.39 is 33.0 Å². The Morgan fingerprint density at radius 3 is 2.05 bits per heavy atom. The van der Waals surface area contributed by atoms with Crippen LogP contribution in [-0.4, -0.2) is 51.2 Å². The predicted molar refractivity (Wildman–Crippen MR) is 126 cm³/mol. The van der Waals surface area contributed by atoms with Crippen molar-refractivity contribution >= 4 is 26.8 Å². The van der Waals surface area contributed by atoms with E-state index in [1.807, 2.05) is 0 Å². The molecule has 208 valence electrons. The number of esters is 1. The number of hydrogen-bond donors (Lipinski definition) is 0. The van der Waals surface area contributed by atoms with Crippen LogP contribution in [0.4, 0.5) is 0 Å². The molecule has 0 N–H and O–H groups in total. The molecule has 0 aliphatic heterocycles. The third-order valence-electron chi connectivity index (χ3n) is 10.6. The maximum absolute atomic E-state index is 11.9. The van der Waals surface area contributed by atoms with Gasteiger partial charge in [0, 0.05) is 6.42 Å². The monoisotopic (exact) mass is 596 g/mol. The molecule has 0 heterocycles. The minimum absolute atomic E-state index is 0. The Labute approximate surface area is 271 Å². The maximum atomic E-state index is 11.9. The van der Waals surface area contributed by atoms with Gasteiger partial charge in [-0.2, -0.15) is 0 Å². The van der Waals surface area contributed by atoms with Crippen molar-refractivity contribution in [1.29, 1.82) is 0 Å². The summed E-state index contributed by atoms with van der Waals surface area (Å²) >= 11 is 0. The molecule has 10 nitrogen and oxygen atoms in total. The first-order valence-corrected chi connectivity index (χ1v) is 15.6. The van der Waals surface area contributed by atoms with Gasteiger partial charge in [-0.3, -0.25) is 13.2 Å². The van der Waals surface area contributed by atoms with Gasteiger partial charge in [0.15, 0.2) is 0 Å². The molecule has 0 aromatic rings. The first-order valence-electron chi connectivity index (χ1n) is 12.9. The van der Waals surface area contributed by atoms with Crippen LogP contribution < -0.4 is 59.1 Å². The Morgan fingerprint density at radius 2 is 1.47 bits per heavy atom. The first-order chi connectivity index (χ1) is 16.6. The van der Waals surface area contributed by atoms with Gasteiger partial charge in [-0.1, -0.05) is 20.8 Å². The number of methoxy groups -OCH3 is 1. The van der Waals surface area contributed by atoms with Crippen LogP contribution in [0.5, 0.6) is 0 Å². The minimum atomic E-state index is -5.12. The van der Waals surface area contributed by atoms with Gasteiger partial charge in [0.25, 0.3) is 0 Å². The molecule has 0 spiro atoms. The molecule has 0 aromatic heterocycles. The van der Waals surface area contributed by atoms with Crippen molar-refractivity contribution < 1.29 is 103 Å². The summed E-state index contributed by atoms with van der Waals surface area (Å²) in [7, 11) is -8.81. The topological polar surface area (TPSA) is 159 Å². The molecule has 0 bridgehead atoms. The van der Waals surface area contributed by atoms with Crippen LogP contribution in [0, 0.1) is 46.3 Å². The Hall–Kier alpha value is 1.21. The normalized spacial score (nSPS) is 41.4. The zero-order valence-corrected chi connectivity index (χ0v) is 29.0. The molecule has 14 heteroatoms. The average Bonchev–Trinajstić information content (AvgIpc) is 3.09. The van der Waals surface area contributed by atoms with Crippen molar-refractivity contribution in [2.45, 2.75) is 90.8 Å². The van der Waals surface area contributed by atoms with E-state index in [2.05, 4.69) is 25.0 Å². The molecule has 0 unspecified atom stereocenters. The zero-order chi connectivity index (χ0) is 26.7. The van der Waals surface area contributed by atoms with Crippen LogP contribution in [0.25, 0.3) is 0 Å². The van der Waals surface area contributed by atoms with Crippen LogP contribution >= 0.6 is 0 Å². The molecule has 4 rings (SSSR count). The number of carbonyl (C=O) groups excluding carboxylic acids is 1. The number of fused-ring (bicyclic) bond motifs is 5. The van der Waals surface area contributed by atoms with Crippen LogP contribution in [0.3, 0.4) is 0 Å². The van der Waals surface area contributed by atoms with Gasteiger partial charge in [0.2, 0.25) is 20.8 Å². The third-order valence-corrected chi connectivity index (χ3v) is 11.6. The summed E-state index contributed by atoms with van der Waals surface area (Å²) in [6, 6.07) is 0. The summed E-state index contributed by atoms with van der Waals surface area (Å²) < 4.78 is 82.7. The van der Waals surface area contributed by atoms with Gasteiger partial charge in [-0.25, -0.2) is 16.8 Å². The van der Waals surface area contributed by atoms with Gasteiger partial charge in [0.1, 0.15) is 12.2 Å². The Kier molecular flexibility index (Phi) is 12.0. The van der Waals surface area contributed by atoms with Crippen molar-refractivity contribution in [3.63, 3.8) is 0 Å². The fraction of sp³-hybridized carbons (Fsp3) is 0.958. The van der Waals surface area contributed by atoms with Crippen molar-refractivity contribution in [3.8, 4) is 0 Å². The van der Waals surface area contributed by atoms with Gasteiger partial charge in [-0.15, -0.1) is 0 Å². The van der Waals surface area contributed by atoms with Crippen molar-refractivity contribution in [2.75, 3.05) is 7.11 Å². The SMILES string of the molecule is COC(=O)C[C@@H](C)[C@H]1CC[C@H]2[C@@H]3CC[C@H]4C[C@H](OS(=O)(=O)[O-])[C@@H](OS(=O)(=O)[O-])C[C@]4(C)[C@H]3CC[C@]12C.[Na+].[Na+]. The van der Waals surface area contributed by atoms with E-state index in [0.717, 1.165) is 38.5 Å². The average molecular weight is 597 g/mol. The van der Waals surface area contributed by atoms with E-state index in [-0.39, 0.29) is 107 Å². The van der Waals surface area contributed by atoms with E-state index in [0.29, 0.717) is 24.2 Å². The number of rotatable bonds is 7. The summed E-state index contributed by atoms with van der Waals surface area (Å²) in [6.07, 6.45) is 3.90. The summed E-state index contributed by atoms with van der Waals surface area (Å²) in [5, 5.41) is 0. The number of hydrogen-bond acceptors (Lipinski definition) is 10. The Morgan fingerprint density at radius 1 is 0.895 bits per heavy atom. The quantitative estimate of drug-likeness (QED) is 0.130. The molecule has 4 fully saturated rings. The fourth-order valence-corrected chi connectivity index (χ4v) is 10.2. The van der Waals surface area contributed by atoms with Crippen molar-refractivity contribution in [2.24, 2.45) is 46.3 Å². The summed E-state index contributed by atoms with van der Waals surface area (Å²) in [6.45, 7) is 6.59. The molecule has 10 atom stereocenters. The molecule has 4 saturated carbocycles. The van der Waals surface area contributed by atoms with E-state index in [1.54, 1.807) is 0 Å². The summed E-state index contributed by atoms with van der Waals surface area (Å²) in [5.74, 6) is 1.62. The van der Waals surface area contributed by atoms with E-state index in [9.17, 15) is 30.7 Å². The number of carbonyl (C=O) groups is 1. The van der Waals surface area contributed by atoms with Crippen molar-refractivity contribution in [1.82, 2.24) is 0 Å². The second-order valence-corrected chi connectivity index (χ2v) is 14.2. The van der Waals surface area contributed by atoms with E-state index >= 15 is 0 Å². The molecule has 38 heavy (non-hydrogen) atoms. The third kappa shape index (κ3) is 7.22. The number of ether oxygens (including phenoxy) is 1. The largest absolute Gasteiger partial charge is 1.00 e. The van der Waals surface area contributed by atoms with Crippen LogP contribution in [0.1, 0.15) is 78.6 Å². The van der Waals surface area contributed by atoms with Gasteiger partial charge >= 0.3 is 65.1 Å². The molecule has 0 aromatic carbocycles. The second kappa shape index (κ2) is 12.8. The molecule has 0 amide bonds. The maximum Gasteiger partial charge on any atom is 1.00 e. The molecule has 0 radical (unpaired) electrons. The van der Waals surface area contributed by atoms with Crippen LogP contribution in [0.15, 0.2) is 0 Å². The molecule has 4 aliphatic rings. The fourth-order valence-electron chi connectivity index (χ4n) is 9.20. The van der Waals surface area contributed by atoms with Gasteiger partial charge < -0.3 is 13.8 Å². The molecule has 4 aliphatic carbocycles. The molecular formula is C24H38Na2O10S2. The van der Waals surface area contributed by atoms with Crippen LogP contribution in [0.2, 0.25) is 0 Å². The van der Waals surface area contributed by atoms with E-state index in [1.165, 1.54) is 7.11 Å². The molecule has 0 saturated heterocycles. The zero-order valence-electron chi connectivity index (χ0n) is 23.4. The van der Waals surface area contributed by atoms with E-state index in [4.69, 9.17) is 8.92 Å². The standard InChI is InChI=1S/C24H40O10S2.2Na/c1-14(11-22(25)32-4)17-7-8-18-16-6-5-15-12-20(33-35(26,27)28)21(34-36(29,30)31)13-24(15,3)19(16)9-10-23(17,18)2;;/h14-21H,5-13H2,1-4H3,(H,26,27,28)(H,29,30,31);;/q;2*+1/p-2/t14-,15+,16+,17-,18+,19+,20+,21+,23-,24+;;/m1../s1. The second-order valence-electron chi connectivity index (χ2n) is 12.2. The van der Waals surface area contributed by atoms with Crippen molar-refractivity contribution in [3.05, 3.63) is 0 Å². The summed E-state index contributed by atoms with van der Waals surface area (Å²) in [5.41, 5.74) is -0.273. The Balaban J connectivity index is 0.00000253. The first kappa shape index (κ1) is 35.4. The minimum Gasteiger partial charge on any atom is -0.726 e. The predicted octanol–water partition coefficient (Wildman–Crippen LogP) is -2.85. The summed E-state index contributed by atoms with van der Waals surface area (Å²) in [4.78, 5) is 11.9. The molecular weight excluding hydrogens is 558 g/mol. The van der Waals surface area contributed by atoms with Gasteiger partial charge in [0.05, 0.1) is 7.11 Å². The smallest absolute Gasteiger partial charge is 0.726 e. The van der Waals surface area contributed by atoms with Crippen LogP contribution in [-0.2, 0) is 38.7 Å². The Bertz CT molecular complexity index is 1070. The van der Waals surface area contributed by atoms with Gasteiger partial charge in [-0.05, 0) is 97.7 Å².